The Hall–Kier alpha value is -1.13. The van der Waals surface area contributed by atoms with Gasteiger partial charge in [0.05, 0.1) is 5.69 Å². The van der Waals surface area contributed by atoms with E-state index in [0.29, 0.717) is 0 Å². The number of nitrogens with zero attached hydrogens (tertiary/aromatic N) is 2. The highest BCUT2D eigenvalue weighted by Crippen LogP contribution is 2.32. The lowest BCUT2D eigenvalue weighted by Gasteiger charge is -2.09. The van der Waals surface area contributed by atoms with E-state index in [0.717, 1.165) is 18.5 Å². The molecule has 1 aliphatic rings. The van der Waals surface area contributed by atoms with Gasteiger partial charge in [0.25, 0.3) is 0 Å². The normalized spacial score (nSPS) is 16.5. The van der Waals surface area contributed by atoms with Crippen LogP contribution in [0, 0.1) is 0 Å². The van der Waals surface area contributed by atoms with E-state index < -0.39 is 0 Å². The molecule has 2 heterocycles. The minimum absolute atomic E-state index is 0.0991. The van der Waals surface area contributed by atoms with Gasteiger partial charge >= 0.3 is 0 Å². The maximum Gasteiger partial charge on any atom is 0.0624 e. The molecular weight excluding hydrogens is 278 g/mol. The third-order valence-electron chi connectivity index (χ3n) is 4.45. The zero-order valence-electron chi connectivity index (χ0n) is 13.1. The Morgan fingerprint density at radius 2 is 2.10 bits per heavy atom. The number of hydrogen-bond acceptors (Lipinski definition) is 3. The van der Waals surface area contributed by atoms with E-state index in [1.54, 1.807) is 10.4 Å². The summed E-state index contributed by atoms with van der Waals surface area (Å²) in [5.41, 5.74) is 10.4. The summed E-state index contributed by atoms with van der Waals surface area (Å²) in [5.74, 6) is 0. The van der Waals surface area contributed by atoms with Gasteiger partial charge in [0.1, 0.15) is 0 Å². The second-order valence-electron chi connectivity index (χ2n) is 6.07. The molecule has 0 amide bonds. The maximum absolute atomic E-state index is 6.47. The van der Waals surface area contributed by atoms with Gasteiger partial charge in [0, 0.05) is 35.0 Å². The van der Waals surface area contributed by atoms with Gasteiger partial charge < -0.3 is 5.73 Å². The molecule has 1 unspecified atom stereocenters. The molecule has 1 aliphatic carbocycles. The molecule has 114 valence electrons. The van der Waals surface area contributed by atoms with Crippen molar-refractivity contribution in [1.82, 2.24) is 9.78 Å². The standard InChI is InChI=1S/C17H25N3S/c1-3-13-10-14(20(2)19-13)11-15(18)17-9-12-7-5-4-6-8-16(12)21-17/h9-10,15H,3-8,11,18H2,1-2H3. The molecule has 3 rings (SSSR count). The van der Waals surface area contributed by atoms with Gasteiger partial charge in [-0.15, -0.1) is 11.3 Å². The molecule has 0 spiro atoms. The molecule has 2 aromatic rings. The van der Waals surface area contributed by atoms with Crippen LogP contribution in [0.1, 0.15) is 58.9 Å². The predicted octanol–water partition coefficient (Wildman–Crippen LogP) is 3.56. The fourth-order valence-corrected chi connectivity index (χ4v) is 4.39. The van der Waals surface area contributed by atoms with Crippen LogP contribution in [0.15, 0.2) is 12.1 Å². The average Bonchev–Trinajstić information content (AvgIpc) is 2.96. The molecule has 1 atom stereocenters. The molecule has 0 aromatic carbocycles. The average molecular weight is 303 g/mol. The third kappa shape index (κ3) is 3.22. The molecule has 2 N–H and O–H groups in total. The highest BCUT2D eigenvalue weighted by Gasteiger charge is 2.17. The molecule has 0 bridgehead atoms. The molecular formula is C17H25N3S. The van der Waals surface area contributed by atoms with Gasteiger partial charge in [-0.1, -0.05) is 13.3 Å². The minimum atomic E-state index is 0.0991. The van der Waals surface area contributed by atoms with Crippen molar-refractivity contribution in [1.29, 1.82) is 0 Å². The van der Waals surface area contributed by atoms with Crippen LogP contribution in [0.4, 0.5) is 0 Å². The van der Waals surface area contributed by atoms with Crippen LogP contribution in [0.3, 0.4) is 0 Å². The van der Waals surface area contributed by atoms with Crippen LogP contribution in [-0.4, -0.2) is 9.78 Å². The monoisotopic (exact) mass is 303 g/mol. The number of hydrogen-bond donors (Lipinski definition) is 1. The van der Waals surface area contributed by atoms with Crippen molar-refractivity contribution >= 4 is 11.3 Å². The van der Waals surface area contributed by atoms with E-state index in [1.165, 1.54) is 42.7 Å². The minimum Gasteiger partial charge on any atom is -0.323 e. The van der Waals surface area contributed by atoms with Crippen LogP contribution in [0.2, 0.25) is 0 Å². The van der Waals surface area contributed by atoms with E-state index >= 15 is 0 Å². The summed E-state index contributed by atoms with van der Waals surface area (Å²) in [6.07, 6.45) is 8.39. The van der Waals surface area contributed by atoms with Gasteiger partial charge in [0.15, 0.2) is 0 Å². The van der Waals surface area contributed by atoms with Crippen molar-refractivity contribution in [3.63, 3.8) is 0 Å². The molecule has 0 saturated heterocycles. The zero-order valence-corrected chi connectivity index (χ0v) is 13.9. The Morgan fingerprint density at radius 3 is 2.86 bits per heavy atom. The summed E-state index contributed by atoms with van der Waals surface area (Å²) in [5, 5.41) is 4.52. The molecule has 21 heavy (non-hydrogen) atoms. The van der Waals surface area contributed by atoms with E-state index in [1.807, 2.05) is 23.1 Å². The van der Waals surface area contributed by atoms with Crippen LogP contribution < -0.4 is 5.73 Å². The van der Waals surface area contributed by atoms with Crippen molar-refractivity contribution in [2.45, 2.75) is 57.9 Å². The summed E-state index contributed by atoms with van der Waals surface area (Å²) in [6.45, 7) is 2.14. The Bertz CT molecular complexity index is 588. The smallest absolute Gasteiger partial charge is 0.0624 e. The van der Waals surface area contributed by atoms with Crippen LogP contribution in [0.25, 0.3) is 0 Å². The summed E-state index contributed by atoms with van der Waals surface area (Å²) in [7, 11) is 2.02. The predicted molar refractivity (Wildman–Crippen MR) is 88.8 cm³/mol. The van der Waals surface area contributed by atoms with E-state index in [2.05, 4.69) is 24.2 Å². The highest BCUT2D eigenvalue weighted by atomic mass is 32.1. The second-order valence-corrected chi connectivity index (χ2v) is 7.24. The van der Waals surface area contributed by atoms with Gasteiger partial charge in [-0.3, -0.25) is 4.68 Å². The molecule has 3 nitrogen and oxygen atoms in total. The zero-order chi connectivity index (χ0) is 14.8. The second kappa shape index (κ2) is 6.32. The molecule has 0 fully saturated rings. The number of aromatic nitrogens is 2. The van der Waals surface area contributed by atoms with Crippen LogP contribution >= 0.6 is 11.3 Å². The van der Waals surface area contributed by atoms with Crippen molar-refractivity contribution in [3.8, 4) is 0 Å². The van der Waals surface area contributed by atoms with Crippen LogP contribution in [-0.2, 0) is 32.7 Å². The number of thiophene rings is 1. The third-order valence-corrected chi connectivity index (χ3v) is 5.82. The topological polar surface area (TPSA) is 43.8 Å². The molecule has 0 radical (unpaired) electrons. The van der Waals surface area contributed by atoms with Crippen molar-refractivity contribution in [2.24, 2.45) is 12.8 Å². The number of fused-ring (bicyclic) bond motifs is 1. The van der Waals surface area contributed by atoms with Crippen molar-refractivity contribution in [3.05, 3.63) is 38.8 Å². The number of aryl methyl sites for hydroxylation is 4. The van der Waals surface area contributed by atoms with E-state index in [4.69, 9.17) is 5.73 Å². The Morgan fingerprint density at radius 1 is 1.29 bits per heavy atom. The first-order chi connectivity index (χ1) is 10.2. The van der Waals surface area contributed by atoms with E-state index in [-0.39, 0.29) is 6.04 Å². The fourth-order valence-electron chi connectivity index (χ4n) is 3.13. The largest absolute Gasteiger partial charge is 0.323 e. The highest BCUT2D eigenvalue weighted by molar-refractivity contribution is 7.12. The molecule has 0 aliphatic heterocycles. The summed E-state index contributed by atoms with van der Waals surface area (Å²) in [4.78, 5) is 2.93. The maximum atomic E-state index is 6.47. The summed E-state index contributed by atoms with van der Waals surface area (Å²) in [6, 6.07) is 4.66. The first-order valence-electron chi connectivity index (χ1n) is 8.06. The lowest BCUT2D eigenvalue weighted by molar-refractivity contribution is 0.643. The van der Waals surface area contributed by atoms with Gasteiger partial charge in [0.2, 0.25) is 0 Å². The van der Waals surface area contributed by atoms with Gasteiger partial charge in [-0.05, 0) is 49.8 Å². The Labute approximate surface area is 131 Å². The lowest BCUT2D eigenvalue weighted by Crippen LogP contribution is -2.14. The van der Waals surface area contributed by atoms with Crippen molar-refractivity contribution < 1.29 is 0 Å². The molecule has 4 heteroatoms. The first kappa shape index (κ1) is 14.8. The lowest BCUT2D eigenvalue weighted by atomic mass is 10.1. The van der Waals surface area contributed by atoms with Crippen molar-refractivity contribution in [2.75, 3.05) is 0 Å². The number of nitrogens with two attached hydrogens (primary N) is 1. The van der Waals surface area contributed by atoms with E-state index in [9.17, 15) is 0 Å². The number of rotatable bonds is 4. The van der Waals surface area contributed by atoms with Gasteiger partial charge in [-0.25, -0.2) is 0 Å². The Kier molecular flexibility index (Phi) is 4.45. The SMILES string of the molecule is CCc1cc(CC(N)c2cc3c(s2)CCCCC3)n(C)n1. The van der Waals surface area contributed by atoms with Crippen LogP contribution in [0.5, 0.6) is 0 Å². The molecule has 0 saturated carbocycles. The van der Waals surface area contributed by atoms with Gasteiger partial charge in [-0.2, -0.15) is 5.10 Å². The Balaban J connectivity index is 1.75. The summed E-state index contributed by atoms with van der Waals surface area (Å²) >= 11 is 1.94. The summed E-state index contributed by atoms with van der Waals surface area (Å²) < 4.78 is 1.98. The quantitative estimate of drug-likeness (QED) is 0.878. The molecule has 2 aromatic heterocycles. The first-order valence-corrected chi connectivity index (χ1v) is 8.88. The fraction of sp³-hybridized carbons (Fsp3) is 0.588.